The number of ether oxygens (including phenoxy) is 1. The first kappa shape index (κ1) is 15.9. The van der Waals surface area contributed by atoms with Gasteiger partial charge in [-0.1, -0.05) is 19.0 Å². The third kappa shape index (κ3) is 3.21. The first-order valence-electron chi connectivity index (χ1n) is 7.95. The molecule has 0 aliphatic carbocycles. The Morgan fingerprint density at radius 1 is 1.22 bits per heavy atom. The van der Waals surface area contributed by atoms with E-state index in [1.807, 2.05) is 13.8 Å². The number of morpholine rings is 1. The number of amides is 2. The maximum absolute atomic E-state index is 12.5. The Bertz CT molecular complexity index is 594. The standard InChI is InChI=1S/C15H22N4O4/c1-9(2)14-16-13(17-23-14)12-8-18(4-5-22-12)15(21)11-6-19(7-11)10(3)20/h9,11-12H,4-8H2,1-3H3. The Morgan fingerprint density at radius 2 is 1.96 bits per heavy atom. The third-order valence-electron chi connectivity index (χ3n) is 4.29. The molecule has 8 nitrogen and oxygen atoms in total. The van der Waals surface area contributed by atoms with Crippen LogP contribution < -0.4 is 0 Å². The van der Waals surface area contributed by atoms with Crippen LogP contribution in [0.15, 0.2) is 4.52 Å². The summed E-state index contributed by atoms with van der Waals surface area (Å²) in [7, 11) is 0. The van der Waals surface area contributed by atoms with Gasteiger partial charge < -0.3 is 19.1 Å². The van der Waals surface area contributed by atoms with E-state index in [-0.39, 0.29) is 29.8 Å². The van der Waals surface area contributed by atoms with Crippen LogP contribution in [0, 0.1) is 5.92 Å². The SMILES string of the molecule is CC(=O)N1CC(C(=O)N2CCOC(c3noc(C(C)C)n3)C2)C1. The molecule has 0 bridgehead atoms. The Labute approximate surface area is 134 Å². The molecular formula is C15H22N4O4. The van der Waals surface area contributed by atoms with Crippen LogP contribution in [0.25, 0.3) is 0 Å². The summed E-state index contributed by atoms with van der Waals surface area (Å²) in [6.07, 6.45) is -0.354. The molecule has 126 valence electrons. The Balaban J connectivity index is 1.59. The van der Waals surface area contributed by atoms with E-state index < -0.39 is 0 Å². The number of carbonyl (C=O) groups excluding carboxylic acids is 2. The van der Waals surface area contributed by atoms with Gasteiger partial charge in [0.1, 0.15) is 6.10 Å². The van der Waals surface area contributed by atoms with Crippen molar-refractivity contribution in [1.29, 1.82) is 0 Å². The van der Waals surface area contributed by atoms with Crippen molar-refractivity contribution in [2.24, 2.45) is 5.92 Å². The molecule has 1 aromatic rings. The van der Waals surface area contributed by atoms with Crippen molar-refractivity contribution in [3.63, 3.8) is 0 Å². The lowest BCUT2D eigenvalue weighted by atomic mass is 9.98. The number of hydrogen-bond acceptors (Lipinski definition) is 6. The zero-order valence-corrected chi connectivity index (χ0v) is 13.7. The molecule has 2 aliphatic rings. The number of likely N-dealkylation sites (tertiary alicyclic amines) is 1. The lowest BCUT2D eigenvalue weighted by molar-refractivity contribution is -0.153. The normalized spacial score (nSPS) is 22.3. The van der Waals surface area contributed by atoms with Gasteiger partial charge in [-0.15, -0.1) is 0 Å². The number of nitrogens with zero attached hydrogens (tertiary/aromatic N) is 4. The van der Waals surface area contributed by atoms with Crippen LogP contribution in [0.2, 0.25) is 0 Å². The molecule has 0 spiro atoms. The summed E-state index contributed by atoms with van der Waals surface area (Å²) in [6.45, 7) is 7.93. The molecule has 0 saturated carbocycles. The summed E-state index contributed by atoms with van der Waals surface area (Å²) in [6, 6.07) is 0. The highest BCUT2D eigenvalue weighted by atomic mass is 16.5. The van der Waals surface area contributed by atoms with Gasteiger partial charge in [0, 0.05) is 32.5 Å². The van der Waals surface area contributed by atoms with Crippen LogP contribution in [-0.4, -0.2) is 64.5 Å². The molecule has 8 heteroatoms. The zero-order chi connectivity index (χ0) is 16.6. The van der Waals surface area contributed by atoms with Crippen molar-refractivity contribution < 1.29 is 18.8 Å². The van der Waals surface area contributed by atoms with E-state index in [0.717, 1.165) is 0 Å². The van der Waals surface area contributed by atoms with Crippen LogP contribution in [0.3, 0.4) is 0 Å². The summed E-state index contributed by atoms with van der Waals surface area (Å²) >= 11 is 0. The predicted octanol–water partition coefficient (Wildman–Crippen LogP) is 0.571. The van der Waals surface area contributed by atoms with Crippen molar-refractivity contribution >= 4 is 11.8 Å². The second kappa shape index (κ2) is 6.27. The molecule has 0 radical (unpaired) electrons. The topological polar surface area (TPSA) is 88.8 Å². The fourth-order valence-electron chi connectivity index (χ4n) is 2.77. The van der Waals surface area contributed by atoms with E-state index in [4.69, 9.17) is 9.26 Å². The highest BCUT2D eigenvalue weighted by Gasteiger charge is 2.39. The zero-order valence-electron chi connectivity index (χ0n) is 13.7. The van der Waals surface area contributed by atoms with Gasteiger partial charge in [0.25, 0.3) is 0 Å². The van der Waals surface area contributed by atoms with Crippen LogP contribution in [0.4, 0.5) is 0 Å². The smallest absolute Gasteiger partial charge is 0.229 e. The fraction of sp³-hybridized carbons (Fsp3) is 0.733. The maximum atomic E-state index is 12.5. The average Bonchev–Trinajstić information content (AvgIpc) is 2.95. The molecule has 2 fully saturated rings. The van der Waals surface area contributed by atoms with Gasteiger partial charge in [-0.2, -0.15) is 4.98 Å². The van der Waals surface area contributed by atoms with Crippen molar-refractivity contribution in [3.05, 3.63) is 11.7 Å². The van der Waals surface area contributed by atoms with Gasteiger partial charge in [0.2, 0.25) is 23.5 Å². The Kier molecular flexibility index (Phi) is 4.34. The summed E-state index contributed by atoms with van der Waals surface area (Å²) in [5.41, 5.74) is 0. The first-order valence-corrected chi connectivity index (χ1v) is 7.95. The molecule has 1 unspecified atom stereocenters. The quantitative estimate of drug-likeness (QED) is 0.808. The second-order valence-corrected chi connectivity index (χ2v) is 6.41. The number of aromatic nitrogens is 2. The second-order valence-electron chi connectivity index (χ2n) is 6.41. The molecule has 0 aromatic carbocycles. The van der Waals surface area contributed by atoms with Gasteiger partial charge >= 0.3 is 0 Å². The minimum atomic E-state index is -0.354. The molecule has 2 amide bonds. The first-order chi connectivity index (χ1) is 11.0. The highest BCUT2D eigenvalue weighted by molar-refractivity contribution is 5.83. The summed E-state index contributed by atoms with van der Waals surface area (Å²) in [4.78, 5) is 31.5. The van der Waals surface area contributed by atoms with Crippen molar-refractivity contribution in [2.45, 2.75) is 32.8 Å². The van der Waals surface area contributed by atoms with E-state index in [2.05, 4.69) is 10.1 Å². The Hall–Kier alpha value is -1.96. The lowest BCUT2D eigenvalue weighted by Gasteiger charge is -2.41. The molecule has 1 aromatic heterocycles. The molecule has 3 rings (SSSR count). The third-order valence-corrected chi connectivity index (χ3v) is 4.29. The van der Waals surface area contributed by atoms with E-state index in [1.165, 1.54) is 6.92 Å². The van der Waals surface area contributed by atoms with E-state index in [9.17, 15) is 9.59 Å². The van der Waals surface area contributed by atoms with Gasteiger partial charge in [-0.3, -0.25) is 9.59 Å². The van der Waals surface area contributed by atoms with Crippen molar-refractivity contribution in [2.75, 3.05) is 32.8 Å². The number of rotatable bonds is 3. The minimum Gasteiger partial charge on any atom is -0.366 e. The summed E-state index contributed by atoms with van der Waals surface area (Å²) in [5, 5.41) is 3.97. The molecule has 0 N–H and O–H groups in total. The van der Waals surface area contributed by atoms with Crippen LogP contribution >= 0.6 is 0 Å². The largest absolute Gasteiger partial charge is 0.366 e. The molecule has 1 atom stereocenters. The molecule has 2 saturated heterocycles. The monoisotopic (exact) mass is 322 g/mol. The van der Waals surface area contributed by atoms with Gasteiger partial charge in [-0.05, 0) is 0 Å². The van der Waals surface area contributed by atoms with Gasteiger partial charge in [-0.25, -0.2) is 0 Å². The molecular weight excluding hydrogens is 300 g/mol. The van der Waals surface area contributed by atoms with Crippen LogP contribution in [0.1, 0.15) is 44.5 Å². The van der Waals surface area contributed by atoms with Crippen LogP contribution in [-0.2, 0) is 14.3 Å². The number of hydrogen-bond donors (Lipinski definition) is 0. The molecule has 2 aliphatic heterocycles. The summed E-state index contributed by atoms with van der Waals surface area (Å²) < 4.78 is 10.9. The lowest BCUT2D eigenvalue weighted by Crippen LogP contribution is -2.57. The minimum absolute atomic E-state index is 0.0157. The van der Waals surface area contributed by atoms with Gasteiger partial charge in [0.05, 0.1) is 19.1 Å². The van der Waals surface area contributed by atoms with Crippen LogP contribution in [0.5, 0.6) is 0 Å². The predicted molar refractivity (Wildman–Crippen MR) is 79.4 cm³/mol. The Morgan fingerprint density at radius 3 is 2.57 bits per heavy atom. The van der Waals surface area contributed by atoms with Gasteiger partial charge in [0.15, 0.2) is 0 Å². The summed E-state index contributed by atoms with van der Waals surface area (Å²) in [5.74, 6) is 1.21. The fourth-order valence-corrected chi connectivity index (χ4v) is 2.77. The average molecular weight is 322 g/mol. The number of carbonyl (C=O) groups is 2. The highest BCUT2D eigenvalue weighted by Crippen LogP contribution is 2.25. The van der Waals surface area contributed by atoms with E-state index in [0.29, 0.717) is 44.5 Å². The van der Waals surface area contributed by atoms with Crippen molar-refractivity contribution in [1.82, 2.24) is 19.9 Å². The molecule has 23 heavy (non-hydrogen) atoms. The molecule has 3 heterocycles. The van der Waals surface area contributed by atoms with Crippen molar-refractivity contribution in [3.8, 4) is 0 Å². The maximum Gasteiger partial charge on any atom is 0.229 e. The van der Waals surface area contributed by atoms with E-state index in [1.54, 1.807) is 9.80 Å². The van der Waals surface area contributed by atoms with E-state index >= 15 is 0 Å².